The Balaban J connectivity index is 1.77. The molecule has 0 saturated carbocycles. The quantitative estimate of drug-likeness (QED) is 0.348. The fourth-order valence-electron chi connectivity index (χ4n) is 4.76. The first kappa shape index (κ1) is 19.8. The van der Waals surface area contributed by atoms with Crippen molar-refractivity contribution in [2.24, 2.45) is 10.9 Å². The zero-order chi connectivity index (χ0) is 21.3. The number of H-pyrrole nitrogens is 1. The van der Waals surface area contributed by atoms with Crippen molar-refractivity contribution in [3.05, 3.63) is 103 Å². The molecule has 2 unspecified atom stereocenters. The van der Waals surface area contributed by atoms with Gasteiger partial charge in [-0.15, -0.1) is 0 Å². The average molecular weight is 401 g/mol. The van der Waals surface area contributed by atoms with Crippen LogP contribution >= 0.6 is 0 Å². The number of nitro groups is 1. The van der Waals surface area contributed by atoms with Crippen molar-refractivity contribution >= 4 is 18.0 Å². The molecule has 6 heteroatoms. The molecular formula is C24H23N3O3. The van der Waals surface area contributed by atoms with E-state index in [1.165, 1.54) is 17.2 Å². The third-order valence-corrected chi connectivity index (χ3v) is 5.87. The number of nitro benzene ring substituents is 1. The molecule has 2 aliphatic rings. The highest BCUT2D eigenvalue weighted by Crippen LogP contribution is 2.51. The van der Waals surface area contributed by atoms with E-state index in [4.69, 9.17) is 4.99 Å². The van der Waals surface area contributed by atoms with E-state index in [-0.39, 0.29) is 22.1 Å². The summed E-state index contributed by atoms with van der Waals surface area (Å²) in [5.41, 5.74) is 4.37. The monoisotopic (exact) mass is 401 g/mol. The van der Waals surface area contributed by atoms with Gasteiger partial charge in [0.15, 0.2) is 0 Å². The Morgan fingerprint density at radius 2 is 2.07 bits per heavy atom. The summed E-state index contributed by atoms with van der Waals surface area (Å²) in [5.74, 6) is 0.200. The van der Waals surface area contributed by atoms with Crippen molar-refractivity contribution in [2.45, 2.75) is 32.2 Å². The molecule has 0 amide bonds. The van der Waals surface area contributed by atoms with Crippen LogP contribution in [0.4, 0.5) is 5.69 Å². The molecule has 1 aromatic carbocycles. The van der Waals surface area contributed by atoms with E-state index in [2.05, 4.69) is 24.1 Å². The van der Waals surface area contributed by atoms with Gasteiger partial charge in [0.05, 0.1) is 10.5 Å². The van der Waals surface area contributed by atoms with E-state index in [0.717, 1.165) is 24.1 Å². The summed E-state index contributed by atoms with van der Waals surface area (Å²) < 4.78 is 0. The molecule has 2 aliphatic carbocycles. The number of benzene rings is 1. The number of aliphatic imine (C=N–C) groups is 1. The minimum absolute atomic E-state index is 0.0616. The van der Waals surface area contributed by atoms with E-state index >= 15 is 0 Å². The predicted molar refractivity (Wildman–Crippen MR) is 119 cm³/mol. The zero-order valence-electron chi connectivity index (χ0n) is 17.0. The van der Waals surface area contributed by atoms with Crippen molar-refractivity contribution in [1.82, 2.24) is 4.98 Å². The second-order valence-electron chi connectivity index (χ2n) is 7.77. The van der Waals surface area contributed by atoms with Gasteiger partial charge in [-0.05, 0) is 50.1 Å². The Bertz CT molecular complexity index is 1190. The summed E-state index contributed by atoms with van der Waals surface area (Å²) in [5, 5.41) is 11.2. The van der Waals surface area contributed by atoms with Crippen molar-refractivity contribution in [2.75, 3.05) is 0 Å². The van der Waals surface area contributed by atoms with Crippen LogP contribution in [0.1, 0.15) is 37.1 Å². The fraction of sp³-hybridized carbons (Fsp3) is 0.250. The molecule has 4 rings (SSSR count). The summed E-state index contributed by atoms with van der Waals surface area (Å²) in [6, 6.07) is 10.1. The lowest BCUT2D eigenvalue weighted by Gasteiger charge is -2.45. The number of hydrogen-bond donors (Lipinski definition) is 1. The van der Waals surface area contributed by atoms with Gasteiger partial charge >= 0.3 is 0 Å². The first-order chi connectivity index (χ1) is 14.4. The van der Waals surface area contributed by atoms with Gasteiger partial charge in [0.25, 0.3) is 5.69 Å². The predicted octanol–water partition coefficient (Wildman–Crippen LogP) is 4.73. The molecular weight excluding hydrogens is 378 g/mol. The Labute approximate surface area is 174 Å². The number of aromatic amines is 1. The minimum atomic E-state index is -0.566. The Kier molecular flexibility index (Phi) is 5.08. The highest BCUT2D eigenvalue weighted by molar-refractivity contribution is 5.81. The number of rotatable bonds is 4. The molecule has 0 radical (unpaired) electrons. The van der Waals surface area contributed by atoms with Crippen molar-refractivity contribution in [3.8, 4) is 0 Å². The molecule has 1 N–H and O–H groups in total. The third kappa shape index (κ3) is 3.34. The van der Waals surface area contributed by atoms with Gasteiger partial charge < -0.3 is 4.98 Å². The Morgan fingerprint density at radius 1 is 1.27 bits per heavy atom. The molecule has 2 aromatic rings. The normalized spacial score (nSPS) is 24.3. The minimum Gasteiger partial charge on any atom is -0.326 e. The summed E-state index contributed by atoms with van der Waals surface area (Å²) in [6.07, 6.45) is 11.0. The summed E-state index contributed by atoms with van der Waals surface area (Å²) in [7, 11) is 0. The maximum Gasteiger partial charge on any atom is 0.276 e. The molecule has 0 saturated heterocycles. The molecule has 2 atom stereocenters. The lowest BCUT2D eigenvalue weighted by molar-refractivity contribution is -0.385. The first-order valence-corrected chi connectivity index (χ1v) is 9.96. The first-order valence-electron chi connectivity index (χ1n) is 9.96. The van der Waals surface area contributed by atoms with Gasteiger partial charge in [-0.3, -0.25) is 19.9 Å². The number of nitrogens with one attached hydrogen (secondary N) is 1. The van der Waals surface area contributed by atoms with Gasteiger partial charge in [0.2, 0.25) is 5.56 Å². The number of allylic oxidation sites excluding steroid dienone is 3. The number of hydrogen-bond acceptors (Lipinski definition) is 4. The van der Waals surface area contributed by atoms with Crippen LogP contribution < -0.4 is 5.56 Å². The molecule has 0 spiro atoms. The molecule has 6 nitrogen and oxygen atoms in total. The van der Waals surface area contributed by atoms with Gasteiger partial charge in [0, 0.05) is 41.9 Å². The van der Waals surface area contributed by atoms with Crippen molar-refractivity contribution < 1.29 is 4.92 Å². The molecule has 152 valence electrons. The molecule has 1 heterocycles. The highest BCUT2D eigenvalue weighted by atomic mass is 16.6. The van der Waals surface area contributed by atoms with Crippen molar-refractivity contribution in [1.29, 1.82) is 0 Å². The number of aromatic nitrogens is 1. The van der Waals surface area contributed by atoms with Gasteiger partial charge in [-0.2, -0.15) is 0 Å². The van der Waals surface area contributed by atoms with Crippen LogP contribution in [-0.2, 0) is 12.0 Å². The third-order valence-electron chi connectivity index (χ3n) is 5.87. The number of para-hydroxylation sites is 1. The van der Waals surface area contributed by atoms with Crippen LogP contribution in [0.15, 0.2) is 75.6 Å². The van der Waals surface area contributed by atoms with Crippen LogP contribution in [0.2, 0.25) is 0 Å². The van der Waals surface area contributed by atoms with Crippen molar-refractivity contribution in [3.63, 3.8) is 0 Å². The second kappa shape index (κ2) is 7.71. The van der Waals surface area contributed by atoms with E-state index in [1.807, 2.05) is 13.0 Å². The molecule has 2 bridgehead atoms. The van der Waals surface area contributed by atoms with Crippen LogP contribution in [0.3, 0.4) is 0 Å². The van der Waals surface area contributed by atoms with Gasteiger partial charge in [0.1, 0.15) is 5.54 Å². The lowest BCUT2D eigenvalue weighted by Crippen LogP contribution is -2.40. The second-order valence-corrected chi connectivity index (χ2v) is 7.77. The summed E-state index contributed by atoms with van der Waals surface area (Å²) >= 11 is 0. The number of fused-ring (bicyclic) bond motifs is 4. The molecule has 0 fully saturated rings. The van der Waals surface area contributed by atoms with E-state index in [9.17, 15) is 14.9 Å². The van der Waals surface area contributed by atoms with Crippen LogP contribution in [0, 0.1) is 16.0 Å². The van der Waals surface area contributed by atoms with E-state index < -0.39 is 5.54 Å². The molecule has 1 aromatic heterocycles. The topological polar surface area (TPSA) is 88.4 Å². The average Bonchev–Trinajstić information content (AvgIpc) is 2.70. The summed E-state index contributed by atoms with van der Waals surface area (Å²) in [4.78, 5) is 30.7. The highest BCUT2D eigenvalue weighted by Gasteiger charge is 2.46. The smallest absolute Gasteiger partial charge is 0.276 e. The number of pyridine rings is 1. The van der Waals surface area contributed by atoms with Crippen LogP contribution in [0.25, 0.3) is 6.08 Å². The van der Waals surface area contributed by atoms with Crippen LogP contribution in [-0.4, -0.2) is 16.1 Å². The summed E-state index contributed by atoms with van der Waals surface area (Å²) in [6.45, 7) is 4.14. The molecule has 0 aliphatic heterocycles. The maximum absolute atomic E-state index is 11.9. The van der Waals surface area contributed by atoms with Gasteiger partial charge in [-0.25, -0.2) is 0 Å². The zero-order valence-corrected chi connectivity index (χ0v) is 17.0. The van der Waals surface area contributed by atoms with E-state index in [1.54, 1.807) is 42.6 Å². The lowest BCUT2D eigenvalue weighted by atomic mass is 9.63. The Morgan fingerprint density at radius 3 is 2.83 bits per heavy atom. The number of nitrogens with zero attached hydrogens (tertiary/aromatic N) is 2. The SMILES string of the molecule is C/C=C1\C2C=C(C)CC1(N=C/C=C/c1ccccc1[N+](=O)[O-])c1ccc(=O)[nH]c1C2. The molecule has 30 heavy (non-hydrogen) atoms. The largest absolute Gasteiger partial charge is 0.326 e. The Hall–Kier alpha value is -3.54. The van der Waals surface area contributed by atoms with E-state index in [0.29, 0.717) is 5.56 Å². The van der Waals surface area contributed by atoms with Crippen LogP contribution in [0.5, 0.6) is 0 Å². The van der Waals surface area contributed by atoms with Gasteiger partial charge in [-0.1, -0.05) is 29.9 Å². The standard InChI is InChI=1S/C24H23N3O3/c1-3-19-18-13-16(2)15-24(19,20-10-11-23(28)26-21(20)14-18)25-12-6-8-17-7-4-5-9-22(17)27(29)30/h3-13,18H,14-15H2,1-2H3,(H,26,28)/b8-6+,19-3+,25-12?. The fourth-order valence-corrected chi connectivity index (χ4v) is 4.76. The maximum atomic E-state index is 11.9.